The quantitative estimate of drug-likeness (QED) is 0.787. The van der Waals surface area contributed by atoms with Crippen molar-refractivity contribution in [3.8, 4) is 6.07 Å². The molecule has 0 spiro atoms. The lowest BCUT2D eigenvalue weighted by atomic mass is 9.99. The lowest BCUT2D eigenvalue weighted by Crippen LogP contribution is -2.31. The molecule has 2 aromatic rings. The highest BCUT2D eigenvalue weighted by Gasteiger charge is 2.17. The molecule has 0 unspecified atom stereocenters. The van der Waals surface area contributed by atoms with Gasteiger partial charge in [0, 0.05) is 18.8 Å². The molecule has 1 aromatic carbocycles. The zero-order valence-corrected chi connectivity index (χ0v) is 10.5. The number of nitrogen functional groups attached to an aromatic ring is 1. The summed E-state index contributed by atoms with van der Waals surface area (Å²) in [4.78, 5) is 6.53. The van der Waals surface area contributed by atoms with Crippen LogP contribution in [0.5, 0.6) is 0 Å². The van der Waals surface area contributed by atoms with E-state index < -0.39 is 0 Å². The van der Waals surface area contributed by atoms with Gasteiger partial charge in [-0.25, -0.2) is 4.98 Å². The van der Waals surface area contributed by atoms with Crippen LogP contribution in [-0.2, 0) is 13.0 Å². The molecule has 0 bridgehead atoms. The van der Waals surface area contributed by atoms with Crippen LogP contribution in [0, 0.1) is 11.3 Å². The predicted octanol–water partition coefficient (Wildman–Crippen LogP) is 2.10. The third kappa shape index (κ3) is 2.23. The first-order valence-corrected chi connectivity index (χ1v) is 6.25. The van der Waals surface area contributed by atoms with E-state index in [4.69, 9.17) is 11.0 Å². The van der Waals surface area contributed by atoms with Gasteiger partial charge in [-0.1, -0.05) is 12.1 Å². The maximum Gasteiger partial charge on any atom is 0.142 e. The molecule has 0 amide bonds. The SMILES string of the molecule is N#Cc1cccc(N2CCc3ccc(N)cc3C2)n1. The normalized spacial score (nSPS) is 13.7. The molecule has 2 N–H and O–H groups in total. The molecule has 1 aliphatic heterocycles. The third-order valence-corrected chi connectivity index (χ3v) is 3.42. The highest BCUT2D eigenvalue weighted by atomic mass is 15.2. The lowest BCUT2D eigenvalue weighted by Gasteiger charge is -2.30. The Labute approximate surface area is 112 Å². The number of nitriles is 1. The molecular formula is C15H14N4. The average molecular weight is 250 g/mol. The van der Waals surface area contributed by atoms with Gasteiger partial charge in [0.15, 0.2) is 0 Å². The zero-order valence-electron chi connectivity index (χ0n) is 10.5. The summed E-state index contributed by atoms with van der Waals surface area (Å²) < 4.78 is 0. The molecule has 0 radical (unpaired) electrons. The Bertz CT molecular complexity index is 657. The predicted molar refractivity (Wildman–Crippen MR) is 74.6 cm³/mol. The van der Waals surface area contributed by atoms with Crippen LogP contribution in [0.15, 0.2) is 36.4 Å². The molecule has 2 heterocycles. The number of pyridine rings is 1. The third-order valence-electron chi connectivity index (χ3n) is 3.42. The van der Waals surface area contributed by atoms with Crippen molar-refractivity contribution in [2.24, 2.45) is 0 Å². The summed E-state index contributed by atoms with van der Waals surface area (Å²) in [5.41, 5.74) is 9.67. The van der Waals surface area contributed by atoms with Gasteiger partial charge in [0.25, 0.3) is 0 Å². The van der Waals surface area contributed by atoms with Gasteiger partial charge in [0.1, 0.15) is 17.6 Å². The second kappa shape index (κ2) is 4.62. The van der Waals surface area contributed by atoms with E-state index in [1.807, 2.05) is 24.3 Å². The first-order chi connectivity index (χ1) is 9.26. The van der Waals surface area contributed by atoms with Crippen molar-refractivity contribution < 1.29 is 0 Å². The number of anilines is 2. The topological polar surface area (TPSA) is 65.9 Å². The van der Waals surface area contributed by atoms with Crippen molar-refractivity contribution in [1.29, 1.82) is 5.26 Å². The minimum absolute atomic E-state index is 0.455. The highest BCUT2D eigenvalue weighted by Crippen LogP contribution is 2.24. The first-order valence-electron chi connectivity index (χ1n) is 6.25. The molecule has 1 aliphatic rings. The van der Waals surface area contributed by atoms with Gasteiger partial charge in [0.05, 0.1) is 0 Å². The molecule has 19 heavy (non-hydrogen) atoms. The van der Waals surface area contributed by atoms with Crippen molar-refractivity contribution in [3.63, 3.8) is 0 Å². The van der Waals surface area contributed by atoms with Crippen molar-refractivity contribution in [2.45, 2.75) is 13.0 Å². The smallest absolute Gasteiger partial charge is 0.142 e. The van der Waals surface area contributed by atoms with Crippen LogP contribution in [0.4, 0.5) is 11.5 Å². The van der Waals surface area contributed by atoms with Crippen molar-refractivity contribution in [1.82, 2.24) is 4.98 Å². The summed E-state index contributed by atoms with van der Waals surface area (Å²) in [5, 5.41) is 8.91. The second-order valence-electron chi connectivity index (χ2n) is 4.69. The van der Waals surface area contributed by atoms with E-state index in [1.165, 1.54) is 11.1 Å². The van der Waals surface area contributed by atoms with Gasteiger partial charge in [0.2, 0.25) is 0 Å². The molecule has 3 rings (SSSR count). The largest absolute Gasteiger partial charge is 0.399 e. The Hall–Kier alpha value is -2.54. The van der Waals surface area contributed by atoms with Crippen LogP contribution in [0.3, 0.4) is 0 Å². The molecule has 94 valence electrons. The van der Waals surface area contributed by atoms with Crippen LogP contribution in [-0.4, -0.2) is 11.5 Å². The van der Waals surface area contributed by atoms with E-state index >= 15 is 0 Å². The number of benzene rings is 1. The van der Waals surface area contributed by atoms with Gasteiger partial charge < -0.3 is 10.6 Å². The monoisotopic (exact) mass is 250 g/mol. The van der Waals surface area contributed by atoms with Crippen molar-refractivity contribution >= 4 is 11.5 Å². The Morgan fingerprint density at radius 1 is 1.21 bits per heavy atom. The van der Waals surface area contributed by atoms with Gasteiger partial charge in [-0.2, -0.15) is 5.26 Å². The summed E-state index contributed by atoms with van der Waals surface area (Å²) in [6.45, 7) is 1.71. The number of rotatable bonds is 1. The molecule has 0 saturated heterocycles. The van der Waals surface area contributed by atoms with E-state index in [1.54, 1.807) is 6.07 Å². The fourth-order valence-electron chi connectivity index (χ4n) is 2.43. The Morgan fingerprint density at radius 3 is 2.95 bits per heavy atom. The van der Waals surface area contributed by atoms with E-state index in [-0.39, 0.29) is 0 Å². The summed E-state index contributed by atoms with van der Waals surface area (Å²) in [5.74, 6) is 0.854. The first kappa shape index (κ1) is 11.5. The zero-order chi connectivity index (χ0) is 13.2. The Morgan fingerprint density at radius 2 is 2.11 bits per heavy atom. The van der Waals surface area contributed by atoms with Crippen LogP contribution in [0.1, 0.15) is 16.8 Å². The van der Waals surface area contributed by atoms with Gasteiger partial charge >= 0.3 is 0 Å². The fourth-order valence-corrected chi connectivity index (χ4v) is 2.43. The standard InChI is InChI=1S/C15H14N4/c16-9-14-2-1-3-15(18-14)19-7-6-11-4-5-13(17)8-12(11)10-19/h1-5,8H,6-7,10,17H2. The summed E-state index contributed by atoms with van der Waals surface area (Å²) in [7, 11) is 0. The number of fused-ring (bicyclic) bond motifs is 1. The molecule has 0 aliphatic carbocycles. The van der Waals surface area contributed by atoms with E-state index in [0.717, 1.165) is 31.0 Å². The van der Waals surface area contributed by atoms with Gasteiger partial charge in [-0.05, 0) is 41.8 Å². The van der Waals surface area contributed by atoms with Gasteiger partial charge in [-0.15, -0.1) is 0 Å². The van der Waals surface area contributed by atoms with Crippen molar-refractivity contribution in [2.75, 3.05) is 17.2 Å². The van der Waals surface area contributed by atoms with Crippen LogP contribution >= 0.6 is 0 Å². The van der Waals surface area contributed by atoms with E-state index in [2.05, 4.69) is 22.0 Å². The number of nitrogens with zero attached hydrogens (tertiary/aromatic N) is 3. The van der Waals surface area contributed by atoms with E-state index in [0.29, 0.717) is 5.69 Å². The summed E-state index contributed by atoms with van der Waals surface area (Å²) >= 11 is 0. The lowest BCUT2D eigenvalue weighted by molar-refractivity contribution is 0.721. The number of hydrogen-bond acceptors (Lipinski definition) is 4. The minimum atomic E-state index is 0.455. The van der Waals surface area contributed by atoms with Crippen LogP contribution in [0.2, 0.25) is 0 Å². The molecule has 4 nitrogen and oxygen atoms in total. The second-order valence-corrected chi connectivity index (χ2v) is 4.69. The van der Waals surface area contributed by atoms with Gasteiger partial charge in [-0.3, -0.25) is 0 Å². The minimum Gasteiger partial charge on any atom is -0.399 e. The maximum absolute atomic E-state index is 8.91. The summed E-state index contributed by atoms with van der Waals surface area (Å²) in [6.07, 6.45) is 0.980. The van der Waals surface area contributed by atoms with E-state index in [9.17, 15) is 0 Å². The average Bonchev–Trinajstić information content (AvgIpc) is 2.46. The number of nitrogens with two attached hydrogens (primary N) is 1. The molecule has 0 atom stereocenters. The van der Waals surface area contributed by atoms with Crippen LogP contribution < -0.4 is 10.6 Å². The highest BCUT2D eigenvalue weighted by molar-refractivity contribution is 5.50. The summed E-state index contributed by atoms with van der Waals surface area (Å²) in [6, 6.07) is 13.7. The Kier molecular flexibility index (Phi) is 2.81. The number of hydrogen-bond donors (Lipinski definition) is 1. The molecule has 1 aromatic heterocycles. The van der Waals surface area contributed by atoms with Crippen molar-refractivity contribution in [3.05, 3.63) is 53.2 Å². The number of aromatic nitrogens is 1. The molecule has 4 heteroatoms. The molecule has 0 fully saturated rings. The Balaban J connectivity index is 1.91. The molecular weight excluding hydrogens is 236 g/mol. The van der Waals surface area contributed by atoms with Crippen LogP contribution in [0.25, 0.3) is 0 Å². The maximum atomic E-state index is 8.91. The molecule has 0 saturated carbocycles. The fraction of sp³-hybridized carbons (Fsp3) is 0.200.